The number of hydrogen-bond acceptors (Lipinski definition) is 4. The molecule has 22 heavy (non-hydrogen) atoms. The quantitative estimate of drug-likeness (QED) is 0.925. The van der Waals surface area contributed by atoms with Crippen LogP contribution >= 0.6 is 0 Å². The smallest absolute Gasteiger partial charge is 0.220 e. The molecule has 1 fully saturated rings. The van der Waals surface area contributed by atoms with Crippen molar-refractivity contribution in [1.82, 2.24) is 15.3 Å². The highest BCUT2D eigenvalue weighted by molar-refractivity contribution is 5.76. The maximum Gasteiger partial charge on any atom is 0.220 e. The lowest BCUT2D eigenvalue weighted by molar-refractivity contribution is -0.123. The van der Waals surface area contributed by atoms with Gasteiger partial charge in [-0.15, -0.1) is 0 Å². The molecular formula is C17H25N3O2. The summed E-state index contributed by atoms with van der Waals surface area (Å²) in [5.74, 6) is 1.18. The summed E-state index contributed by atoms with van der Waals surface area (Å²) >= 11 is 0. The molecule has 3 rings (SSSR count). The van der Waals surface area contributed by atoms with Crippen molar-refractivity contribution in [3.8, 4) is 0 Å². The van der Waals surface area contributed by atoms with Crippen LogP contribution in [0.25, 0.3) is 0 Å². The number of hydrogen-bond donors (Lipinski definition) is 1. The van der Waals surface area contributed by atoms with Crippen LogP contribution in [0.4, 0.5) is 0 Å². The first-order valence-corrected chi connectivity index (χ1v) is 8.42. The van der Waals surface area contributed by atoms with Crippen molar-refractivity contribution in [1.29, 1.82) is 0 Å². The Morgan fingerprint density at radius 1 is 1.27 bits per heavy atom. The van der Waals surface area contributed by atoms with Gasteiger partial charge in [0.25, 0.3) is 0 Å². The van der Waals surface area contributed by atoms with E-state index in [0.29, 0.717) is 25.5 Å². The van der Waals surface area contributed by atoms with Crippen LogP contribution in [0.3, 0.4) is 0 Å². The van der Waals surface area contributed by atoms with Gasteiger partial charge in [0.05, 0.1) is 6.54 Å². The van der Waals surface area contributed by atoms with E-state index in [-0.39, 0.29) is 5.91 Å². The predicted octanol–water partition coefficient (Wildman–Crippen LogP) is 2.10. The summed E-state index contributed by atoms with van der Waals surface area (Å²) in [6, 6.07) is 0. The number of amides is 1. The normalized spacial score (nSPS) is 21.2. The molecule has 120 valence electrons. The largest absolute Gasteiger partial charge is 0.381 e. The SMILES string of the molecule is Cc1nc(CNC(=O)C[C@H]2CCCOC2)nc2c1CCCC2. The average Bonchev–Trinajstić information content (AvgIpc) is 2.54. The van der Waals surface area contributed by atoms with Crippen molar-refractivity contribution >= 4 is 5.91 Å². The van der Waals surface area contributed by atoms with E-state index in [9.17, 15) is 4.79 Å². The molecule has 1 aromatic heterocycles. The van der Waals surface area contributed by atoms with Gasteiger partial charge in [0.1, 0.15) is 5.82 Å². The maximum atomic E-state index is 12.0. The van der Waals surface area contributed by atoms with Crippen LogP contribution in [0.5, 0.6) is 0 Å². The third kappa shape index (κ3) is 3.83. The number of ether oxygens (including phenoxy) is 1. The number of carbonyl (C=O) groups is 1. The third-order valence-corrected chi connectivity index (χ3v) is 4.61. The van der Waals surface area contributed by atoms with Gasteiger partial charge < -0.3 is 10.1 Å². The van der Waals surface area contributed by atoms with Crippen LogP contribution in [-0.2, 0) is 28.9 Å². The lowest BCUT2D eigenvalue weighted by atomic mass is 9.95. The molecule has 5 heteroatoms. The third-order valence-electron chi connectivity index (χ3n) is 4.61. The zero-order chi connectivity index (χ0) is 15.4. The van der Waals surface area contributed by atoms with E-state index in [1.807, 2.05) is 0 Å². The Morgan fingerprint density at radius 3 is 2.95 bits per heavy atom. The fraction of sp³-hybridized carbons (Fsp3) is 0.706. The van der Waals surface area contributed by atoms with E-state index in [1.165, 1.54) is 24.1 Å². The van der Waals surface area contributed by atoms with Crippen molar-refractivity contribution in [3.05, 3.63) is 22.8 Å². The van der Waals surface area contributed by atoms with Gasteiger partial charge in [-0.2, -0.15) is 0 Å². The molecule has 1 N–H and O–H groups in total. The Kier molecular flexibility index (Phi) is 5.03. The number of nitrogens with zero attached hydrogens (tertiary/aromatic N) is 2. The molecule has 2 aliphatic rings. The van der Waals surface area contributed by atoms with Crippen LogP contribution < -0.4 is 5.32 Å². The van der Waals surface area contributed by atoms with Crippen molar-refractivity contribution in [3.63, 3.8) is 0 Å². The van der Waals surface area contributed by atoms with E-state index in [4.69, 9.17) is 4.74 Å². The first-order chi connectivity index (χ1) is 10.7. The number of aryl methyl sites for hydroxylation is 2. The summed E-state index contributed by atoms with van der Waals surface area (Å²) in [6.45, 7) is 4.03. The van der Waals surface area contributed by atoms with Gasteiger partial charge in [0, 0.05) is 31.0 Å². The minimum absolute atomic E-state index is 0.0782. The molecule has 1 amide bonds. The molecular weight excluding hydrogens is 278 g/mol. The van der Waals surface area contributed by atoms with Gasteiger partial charge in [-0.05, 0) is 56.9 Å². The van der Waals surface area contributed by atoms with Crippen LogP contribution in [0.1, 0.15) is 54.9 Å². The summed E-state index contributed by atoms with van der Waals surface area (Å²) in [5.41, 5.74) is 3.58. The Labute approximate surface area is 131 Å². The Balaban J connectivity index is 1.54. The average molecular weight is 303 g/mol. The second-order valence-corrected chi connectivity index (χ2v) is 6.42. The van der Waals surface area contributed by atoms with Crippen LogP contribution in [0.15, 0.2) is 0 Å². The summed E-state index contributed by atoms with van der Waals surface area (Å²) in [7, 11) is 0. The molecule has 5 nitrogen and oxygen atoms in total. The van der Waals surface area contributed by atoms with Gasteiger partial charge in [-0.1, -0.05) is 0 Å². The van der Waals surface area contributed by atoms with Crippen molar-refractivity contribution in [2.24, 2.45) is 5.92 Å². The lowest BCUT2D eigenvalue weighted by Gasteiger charge is -2.21. The molecule has 0 saturated carbocycles. The Bertz CT molecular complexity index is 539. The topological polar surface area (TPSA) is 64.1 Å². The van der Waals surface area contributed by atoms with Crippen LogP contribution in [0, 0.1) is 12.8 Å². The first kappa shape index (κ1) is 15.4. The minimum atomic E-state index is 0.0782. The lowest BCUT2D eigenvalue weighted by Crippen LogP contribution is -2.29. The standard InChI is InChI=1S/C17H25N3O2/c1-12-14-6-2-3-7-15(14)20-16(19-12)10-18-17(21)9-13-5-4-8-22-11-13/h13H,2-11H2,1H3,(H,18,21)/t13-/m1/s1. The fourth-order valence-corrected chi connectivity index (χ4v) is 3.40. The number of fused-ring (bicyclic) bond motifs is 1. The van der Waals surface area contributed by atoms with Gasteiger partial charge in [0.2, 0.25) is 5.91 Å². The summed E-state index contributed by atoms with van der Waals surface area (Å²) in [6.07, 6.45) is 7.26. The summed E-state index contributed by atoms with van der Waals surface area (Å²) < 4.78 is 5.42. The zero-order valence-electron chi connectivity index (χ0n) is 13.4. The molecule has 0 radical (unpaired) electrons. The number of nitrogens with one attached hydrogen (secondary N) is 1. The monoisotopic (exact) mass is 303 g/mol. The number of rotatable bonds is 4. The van der Waals surface area contributed by atoms with Crippen molar-refractivity contribution in [2.75, 3.05) is 13.2 Å². The van der Waals surface area contributed by atoms with Gasteiger partial charge >= 0.3 is 0 Å². The molecule has 0 bridgehead atoms. The second-order valence-electron chi connectivity index (χ2n) is 6.42. The first-order valence-electron chi connectivity index (χ1n) is 8.42. The molecule has 0 aromatic carbocycles. The van der Waals surface area contributed by atoms with Crippen LogP contribution in [-0.4, -0.2) is 29.1 Å². The van der Waals surface area contributed by atoms with Gasteiger partial charge in [-0.25, -0.2) is 9.97 Å². The van der Waals surface area contributed by atoms with Crippen molar-refractivity contribution in [2.45, 2.75) is 58.4 Å². The van der Waals surface area contributed by atoms with E-state index in [0.717, 1.165) is 43.8 Å². The summed E-state index contributed by atoms with van der Waals surface area (Å²) in [5, 5.41) is 2.96. The predicted molar refractivity (Wildman–Crippen MR) is 83.4 cm³/mol. The Morgan fingerprint density at radius 2 is 2.14 bits per heavy atom. The van der Waals surface area contributed by atoms with Gasteiger partial charge in [0.15, 0.2) is 0 Å². The fourth-order valence-electron chi connectivity index (χ4n) is 3.40. The van der Waals surface area contributed by atoms with Crippen LogP contribution in [0.2, 0.25) is 0 Å². The molecule has 1 aliphatic carbocycles. The highest BCUT2D eigenvalue weighted by atomic mass is 16.5. The molecule has 0 unspecified atom stereocenters. The van der Waals surface area contributed by atoms with E-state index in [1.54, 1.807) is 0 Å². The molecule has 0 spiro atoms. The molecule has 1 saturated heterocycles. The number of aromatic nitrogens is 2. The number of carbonyl (C=O) groups excluding carboxylic acids is 1. The minimum Gasteiger partial charge on any atom is -0.381 e. The van der Waals surface area contributed by atoms with Gasteiger partial charge in [-0.3, -0.25) is 4.79 Å². The molecule has 1 aromatic rings. The van der Waals surface area contributed by atoms with E-state index < -0.39 is 0 Å². The van der Waals surface area contributed by atoms with E-state index in [2.05, 4.69) is 22.2 Å². The maximum absolute atomic E-state index is 12.0. The van der Waals surface area contributed by atoms with Crippen molar-refractivity contribution < 1.29 is 9.53 Å². The highest BCUT2D eigenvalue weighted by Gasteiger charge is 2.18. The Hall–Kier alpha value is -1.49. The van der Waals surface area contributed by atoms with E-state index >= 15 is 0 Å². The molecule has 1 atom stereocenters. The zero-order valence-corrected chi connectivity index (χ0v) is 13.4. The molecule has 2 heterocycles. The second kappa shape index (κ2) is 7.18. The summed E-state index contributed by atoms with van der Waals surface area (Å²) in [4.78, 5) is 21.2. The highest BCUT2D eigenvalue weighted by Crippen LogP contribution is 2.21. The molecule has 1 aliphatic heterocycles.